The number of carbonyl (C=O) groups is 1. The highest BCUT2D eigenvalue weighted by molar-refractivity contribution is 5.81. The lowest BCUT2D eigenvalue weighted by molar-refractivity contribution is -0.132. The molecule has 3 N–H and O–H groups in total. The predicted molar refractivity (Wildman–Crippen MR) is 66.8 cm³/mol. The topological polar surface area (TPSA) is 82.2 Å². The maximum atomic E-state index is 11.9. The minimum Gasteiger partial charge on any atom is -0.364 e. The molecule has 2 rings (SSSR count). The molecule has 0 aromatic carbocycles. The van der Waals surface area contributed by atoms with Crippen molar-refractivity contribution < 1.29 is 9.53 Å². The number of nitrogens with zero attached hydrogens (tertiary/aromatic N) is 2. The van der Waals surface area contributed by atoms with E-state index in [1.165, 1.54) is 0 Å². The van der Waals surface area contributed by atoms with E-state index in [4.69, 9.17) is 10.5 Å². The summed E-state index contributed by atoms with van der Waals surface area (Å²) in [5, 5.41) is 7.04. The molecule has 18 heavy (non-hydrogen) atoms. The summed E-state index contributed by atoms with van der Waals surface area (Å²) in [6.45, 7) is 3.09. The van der Waals surface area contributed by atoms with Crippen molar-refractivity contribution in [3.8, 4) is 0 Å². The molecule has 1 amide bonds. The van der Waals surface area contributed by atoms with Crippen molar-refractivity contribution in [2.45, 2.75) is 44.6 Å². The molecule has 0 aliphatic carbocycles. The molecule has 6 heteroatoms. The quantitative estimate of drug-likeness (QED) is 0.766. The molecule has 0 bridgehead atoms. The number of nitrogens with two attached hydrogens (primary N) is 1. The van der Waals surface area contributed by atoms with Crippen LogP contribution < -0.4 is 11.1 Å². The van der Waals surface area contributed by atoms with E-state index < -0.39 is 0 Å². The van der Waals surface area contributed by atoms with Crippen molar-refractivity contribution in [2.75, 3.05) is 6.54 Å². The number of amides is 1. The van der Waals surface area contributed by atoms with Gasteiger partial charge < -0.3 is 15.8 Å². The summed E-state index contributed by atoms with van der Waals surface area (Å²) in [6, 6.07) is 1.89. The zero-order chi connectivity index (χ0) is 13.0. The summed E-state index contributed by atoms with van der Waals surface area (Å²) < 4.78 is 7.34. The number of hydrogen-bond acceptors (Lipinski definition) is 4. The number of aromatic nitrogens is 2. The van der Waals surface area contributed by atoms with Crippen LogP contribution in [-0.2, 0) is 16.1 Å². The van der Waals surface area contributed by atoms with Crippen LogP contribution >= 0.6 is 0 Å². The Balaban J connectivity index is 1.77. The highest BCUT2D eigenvalue weighted by Crippen LogP contribution is 2.18. The Labute approximate surface area is 106 Å². The minimum absolute atomic E-state index is 0.0259. The molecule has 1 fully saturated rings. The molecule has 0 radical (unpaired) electrons. The molecule has 1 unspecified atom stereocenters. The summed E-state index contributed by atoms with van der Waals surface area (Å²) in [4.78, 5) is 11.9. The number of ether oxygens (including phenoxy) is 1. The molecule has 1 saturated heterocycles. The van der Waals surface area contributed by atoms with Crippen molar-refractivity contribution >= 4 is 5.91 Å². The van der Waals surface area contributed by atoms with Crippen LogP contribution in [0.25, 0.3) is 0 Å². The molecule has 1 aliphatic heterocycles. The standard InChI is InChI=1S/C12H20N4O2/c1-9(8-16-6-2-5-14-16)15-12(17)11-4-3-10(7-13)18-11/h2,5-6,9-11H,3-4,7-8,13H2,1H3,(H,15,17)/t9?,10-,11+/m1/s1. The third kappa shape index (κ3) is 3.30. The molecule has 6 nitrogen and oxygen atoms in total. The van der Waals surface area contributed by atoms with Crippen molar-refractivity contribution in [1.29, 1.82) is 0 Å². The summed E-state index contributed by atoms with van der Waals surface area (Å²) in [5.41, 5.74) is 5.52. The first-order valence-electron chi connectivity index (χ1n) is 6.32. The Morgan fingerprint density at radius 1 is 1.67 bits per heavy atom. The molecule has 0 spiro atoms. The number of nitrogens with one attached hydrogen (secondary N) is 1. The van der Waals surface area contributed by atoms with Crippen molar-refractivity contribution in [2.24, 2.45) is 5.73 Å². The van der Waals surface area contributed by atoms with Crippen LogP contribution in [0.15, 0.2) is 18.5 Å². The number of carbonyl (C=O) groups excluding carboxylic acids is 1. The third-order valence-corrected chi connectivity index (χ3v) is 3.07. The van der Waals surface area contributed by atoms with Gasteiger partial charge >= 0.3 is 0 Å². The van der Waals surface area contributed by atoms with Crippen molar-refractivity contribution in [3.05, 3.63) is 18.5 Å². The summed E-state index contributed by atoms with van der Waals surface area (Å²) in [7, 11) is 0. The Bertz CT molecular complexity index is 379. The van der Waals surface area contributed by atoms with Gasteiger partial charge in [-0.15, -0.1) is 0 Å². The zero-order valence-corrected chi connectivity index (χ0v) is 10.6. The summed E-state index contributed by atoms with van der Waals surface area (Å²) in [5.74, 6) is -0.0504. The number of hydrogen-bond donors (Lipinski definition) is 2. The molecule has 0 saturated carbocycles. The van der Waals surface area contributed by atoms with Crippen LogP contribution in [0.2, 0.25) is 0 Å². The normalized spacial score (nSPS) is 25.0. The van der Waals surface area contributed by atoms with Crippen LogP contribution in [-0.4, -0.2) is 40.5 Å². The Morgan fingerprint density at radius 3 is 3.11 bits per heavy atom. The predicted octanol–water partition coefficient (Wildman–Crippen LogP) is -0.106. The number of rotatable bonds is 5. The molecule has 1 aromatic heterocycles. The summed E-state index contributed by atoms with van der Waals surface area (Å²) >= 11 is 0. The molecule has 1 aromatic rings. The van der Waals surface area contributed by atoms with Gasteiger partial charge in [-0.25, -0.2) is 0 Å². The Morgan fingerprint density at radius 2 is 2.50 bits per heavy atom. The van der Waals surface area contributed by atoms with Crippen molar-refractivity contribution in [3.63, 3.8) is 0 Å². The van der Waals surface area contributed by atoms with E-state index in [1.54, 1.807) is 10.9 Å². The van der Waals surface area contributed by atoms with Gasteiger partial charge in [-0.2, -0.15) is 5.10 Å². The Hall–Kier alpha value is -1.40. The second-order valence-electron chi connectivity index (χ2n) is 4.70. The van der Waals surface area contributed by atoms with Crippen LogP contribution in [0.5, 0.6) is 0 Å². The van der Waals surface area contributed by atoms with E-state index in [0.29, 0.717) is 13.1 Å². The summed E-state index contributed by atoms with van der Waals surface area (Å²) in [6.07, 6.45) is 4.89. The monoisotopic (exact) mass is 252 g/mol. The molecular weight excluding hydrogens is 232 g/mol. The lowest BCUT2D eigenvalue weighted by atomic mass is 10.2. The van der Waals surface area contributed by atoms with Gasteiger partial charge in [0, 0.05) is 25.0 Å². The maximum absolute atomic E-state index is 11.9. The van der Waals surface area contributed by atoms with Gasteiger partial charge in [0.15, 0.2) is 0 Å². The smallest absolute Gasteiger partial charge is 0.249 e. The van der Waals surface area contributed by atoms with Crippen molar-refractivity contribution in [1.82, 2.24) is 15.1 Å². The van der Waals surface area contributed by atoms with E-state index in [9.17, 15) is 4.79 Å². The van der Waals surface area contributed by atoms with Gasteiger partial charge in [-0.1, -0.05) is 0 Å². The van der Waals surface area contributed by atoms with Gasteiger partial charge in [-0.3, -0.25) is 9.48 Å². The van der Waals surface area contributed by atoms with Crippen LogP contribution in [0, 0.1) is 0 Å². The van der Waals surface area contributed by atoms with E-state index >= 15 is 0 Å². The van der Waals surface area contributed by atoms with Gasteiger partial charge in [0.25, 0.3) is 0 Å². The average molecular weight is 252 g/mol. The fourth-order valence-electron chi connectivity index (χ4n) is 2.14. The van der Waals surface area contributed by atoms with Gasteiger partial charge in [0.1, 0.15) is 6.10 Å². The minimum atomic E-state index is -0.348. The zero-order valence-electron chi connectivity index (χ0n) is 10.6. The molecule has 2 heterocycles. The van der Waals surface area contributed by atoms with Crippen LogP contribution in [0.4, 0.5) is 0 Å². The fourth-order valence-corrected chi connectivity index (χ4v) is 2.14. The molecule has 3 atom stereocenters. The maximum Gasteiger partial charge on any atom is 0.249 e. The lowest BCUT2D eigenvalue weighted by Crippen LogP contribution is -2.42. The highest BCUT2D eigenvalue weighted by Gasteiger charge is 2.30. The fraction of sp³-hybridized carbons (Fsp3) is 0.667. The van der Waals surface area contributed by atoms with Crippen LogP contribution in [0.3, 0.4) is 0 Å². The SMILES string of the molecule is CC(Cn1cccn1)NC(=O)[C@@H]1CC[C@H](CN)O1. The van der Waals surface area contributed by atoms with E-state index in [1.807, 2.05) is 19.2 Å². The van der Waals surface area contributed by atoms with E-state index in [0.717, 1.165) is 12.8 Å². The lowest BCUT2D eigenvalue weighted by Gasteiger charge is -2.17. The first-order valence-corrected chi connectivity index (χ1v) is 6.32. The average Bonchev–Trinajstić information content (AvgIpc) is 2.98. The second-order valence-corrected chi connectivity index (χ2v) is 4.70. The first-order chi connectivity index (χ1) is 8.69. The van der Waals surface area contributed by atoms with Gasteiger partial charge in [-0.05, 0) is 25.8 Å². The van der Waals surface area contributed by atoms with E-state index in [2.05, 4.69) is 10.4 Å². The molecule has 1 aliphatic rings. The van der Waals surface area contributed by atoms with Gasteiger partial charge in [0.05, 0.1) is 12.6 Å². The largest absolute Gasteiger partial charge is 0.364 e. The van der Waals surface area contributed by atoms with E-state index in [-0.39, 0.29) is 24.2 Å². The van der Waals surface area contributed by atoms with Gasteiger partial charge in [0.2, 0.25) is 5.91 Å². The third-order valence-electron chi connectivity index (χ3n) is 3.07. The Kier molecular flexibility index (Phi) is 4.33. The molecular formula is C12H20N4O2. The highest BCUT2D eigenvalue weighted by atomic mass is 16.5. The van der Waals surface area contributed by atoms with Crippen LogP contribution in [0.1, 0.15) is 19.8 Å². The molecule has 100 valence electrons. The second kappa shape index (κ2) is 5.97. The first kappa shape index (κ1) is 13.0.